The van der Waals surface area contributed by atoms with E-state index < -0.39 is 14.2 Å². The Kier molecular flexibility index (Phi) is 12.1. The molecule has 0 amide bonds. The van der Waals surface area contributed by atoms with Crippen LogP contribution in [0.5, 0.6) is 0 Å². The van der Waals surface area contributed by atoms with Gasteiger partial charge in [-0.15, -0.1) is 0 Å². The second-order valence-corrected chi connectivity index (χ2v) is 8.91. The predicted octanol–water partition coefficient (Wildman–Crippen LogP) is -1.93. The van der Waals surface area contributed by atoms with Crippen LogP contribution < -0.4 is 11.5 Å². The second-order valence-electron chi connectivity index (χ2n) is 5.34. The topological polar surface area (TPSA) is 131 Å². The summed E-state index contributed by atoms with van der Waals surface area (Å²) in [6.45, 7) is 8.79. The first-order chi connectivity index (χ1) is 8.95. The molecule has 0 spiro atoms. The summed E-state index contributed by atoms with van der Waals surface area (Å²) in [5.41, 5.74) is 10.1. The van der Waals surface area contributed by atoms with Crippen LogP contribution in [0.3, 0.4) is 0 Å². The van der Waals surface area contributed by atoms with Crippen molar-refractivity contribution in [2.24, 2.45) is 11.5 Å². The lowest BCUT2D eigenvalue weighted by molar-refractivity contribution is -0.208. The fourth-order valence-electron chi connectivity index (χ4n) is 1.46. The molecule has 20 heavy (non-hydrogen) atoms. The van der Waals surface area contributed by atoms with Crippen molar-refractivity contribution in [1.29, 1.82) is 0 Å². The lowest BCUT2D eigenvalue weighted by Crippen LogP contribution is -2.47. The largest absolute Gasteiger partial charge is 0.492 e. The Bertz CT molecular complexity index is 227. The van der Waals surface area contributed by atoms with Crippen LogP contribution >= 0.6 is 0 Å². The standard InChI is InChI=1S/C8H21NO2Si.C3H11NO3Si/c1-6(2)10-8(12,5-9)11-7(3)4;4-2-1-3-8(5,6)7/h6-7H,5,9H2,1-4,12H3;5-7H,1-4H2. The summed E-state index contributed by atoms with van der Waals surface area (Å²) in [5.74, 6) is 0. The molecule has 0 rings (SSSR count). The van der Waals surface area contributed by atoms with Crippen molar-refractivity contribution in [3.63, 3.8) is 0 Å². The molecule has 0 heterocycles. The molecule has 0 aliphatic heterocycles. The highest BCUT2D eigenvalue weighted by atomic mass is 28.4. The minimum Gasteiger partial charge on any atom is -0.390 e. The lowest BCUT2D eigenvalue weighted by atomic mass is 10.4. The van der Waals surface area contributed by atoms with Gasteiger partial charge in [-0.1, -0.05) is 0 Å². The Morgan fingerprint density at radius 2 is 1.45 bits per heavy atom. The number of nitrogens with two attached hydrogens (primary N) is 2. The van der Waals surface area contributed by atoms with Crippen LogP contribution in [-0.4, -0.2) is 64.1 Å². The van der Waals surface area contributed by atoms with Crippen LogP contribution in [0.1, 0.15) is 34.1 Å². The molecule has 124 valence electrons. The SMILES string of the molecule is CC(C)OC([SiH3])(CN)OC(C)C.NCCC[Si](O)(O)O. The Hall–Kier alpha value is 0.154. The molecule has 0 aliphatic rings. The minimum atomic E-state index is -3.76. The number of hydrogen-bond acceptors (Lipinski definition) is 7. The van der Waals surface area contributed by atoms with E-state index in [1.54, 1.807) is 0 Å². The zero-order chi connectivity index (χ0) is 16.4. The van der Waals surface area contributed by atoms with Crippen molar-refractivity contribution >= 4 is 19.0 Å². The fourth-order valence-corrected chi connectivity index (χ4v) is 3.08. The normalized spacial score (nSPS) is 12.8. The molecule has 0 fully saturated rings. The van der Waals surface area contributed by atoms with Gasteiger partial charge in [0, 0.05) is 12.6 Å². The Morgan fingerprint density at radius 3 is 1.60 bits per heavy atom. The summed E-state index contributed by atoms with van der Waals surface area (Å²) in [7, 11) is -2.96. The molecule has 0 aromatic heterocycles. The third kappa shape index (κ3) is 16.2. The van der Waals surface area contributed by atoms with Gasteiger partial charge >= 0.3 is 8.80 Å². The van der Waals surface area contributed by atoms with Crippen molar-refractivity contribution in [1.82, 2.24) is 0 Å². The van der Waals surface area contributed by atoms with E-state index in [1.165, 1.54) is 0 Å². The summed E-state index contributed by atoms with van der Waals surface area (Å²) in [6, 6.07) is 0.0451. The molecule has 0 atom stereocenters. The smallest absolute Gasteiger partial charge is 0.390 e. The first kappa shape index (κ1) is 22.4. The molecule has 0 bridgehead atoms. The van der Waals surface area contributed by atoms with E-state index in [1.807, 2.05) is 27.7 Å². The van der Waals surface area contributed by atoms with Crippen LogP contribution in [0.15, 0.2) is 0 Å². The first-order valence-corrected chi connectivity index (χ1v) is 9.93. The van der Waals surface area contributed by atoms with Crippen molar-refractivity contribution in [2.75, 3.05) is 13.1 Å². The highest BCUT2D eigenvalue weighted by Gasteiger charge is 2.26. The third-order valence-electron chi connectivity index (χ3n) is 2.06. The Labute approximate surface area is 126 Å². The van der Waals surface area contributed by atoms with Crippen LogP contribution in [0.2, 0.25) is 6.04 Å². The van der Waals surface area contributed by atoms with Gasteiger partial charge in [0.15, 0.2) is 5.41 Å². The van der Waals surface area contributed by atoms with Gasteiger partial charge in [0.05, 0.1) is 22.5 Å². The second kappa shape index (κ2) is 10.8. The maximum absolute atomic E-state index is 8.34. The molecule has 0 unspecified atom stereocenters. The van der Waals surface area contributed by atoms with Crippen LogP contribution in [-0.2, 0) is 9.47 Å². The number of ether oxygens (including phenoxy) is 2. The maximum atomic E-state index is 8.34. The Balaban J connectivity index is 0. The van der Waals surface area contributed by atoms with Crippen molar-refractivity contribution in [3.05, 3.63) is 0 Å². The van der Waals surface area contributed by atoms with Gasteiger partial charge < -0.3 is 35.3 Å². The van der Waals surface area contributed by atoms with Gasteiger partial charge in [-0.2, -0.15) is 0 Å². The number of hydrogen-bond donors (Lipinski definition) is 5. The zero-order valence-corrected chi connectivity index (χ0v) is 16.3. The Morgan fingerprint density at radius 1 is 1.05 bits per heavy atom. The summed E-state index contributed by atoms with van der Waals surface area (Å²) in [4.78, 5) is 25.0. The summed E-state index contributed by atoms with van der Waals surface area (Å²) >= 11 is 0. The average Bonchev–Trinajstić information content (AvgIpc) is 2.24. The van der Waals surface area contributed by atoms with E-state index in [0.717, 1.165) is 10.2 Å². The summed E-state index contributed by atoms with van der Waals surface area (Å²) in [6.07, 6.45) is 0.810. The fraction of sp³-hybridized carbons (Fsp3) is 1.00. The third-order valence-corrected chi connectivity index (χ3v) is 3.96. The monoisotopic (exact) mass is 328 g/mol. The highest BCUT2D eigenvalue weighted by molar-refractivity contribution is 6.56. The van der Waals surface area contributed by atoms with Gasteiger partial charge in [0.1, 0.15) is 0 Å². The van der Waals surface area contributed by atoms with Gasteiger partial charge in [-0.25, -0.2) is 0 Å². The molecule has 0 radical (unpaired) electrons. The average molecular weight is 329 g/mol. The van der Waals surface area contributed by atoms with Gasteiger partial charge in [-0.05, 0) is 40.7 Å². The molecular formula is C11H32N2O5Si2. The van der Waals surface area contributed by atoms with Crippen molar-refractivity contribution in [3.8, 4) is 0 Å². The van der Waals surface area contributed by atoms with Crippen LogP contribution in [0.25, 0.3) is 0 Å². The molecule has 0 aliphatic carbocycles. The van der Waals surface area contributed by atoms with E-state index >= 15 is 0 Å². The highest BCUT2D eigenvalue weighted by Crippen LogP contribution is 2.12. The van der Waals surface area contributed by atoms with Gasteiger partial charge in [-0.3, -0.25) is 0 Å². The van der Waals surface area contributed by atoms with Gasteiger partial charge in [0.2, 0.25) is 0 Å². The van der Waals surface area contributed by atoms with E-state index in [0.29, 0.717) is 19.5 Å². The van der Waals surface area contributed by atoms with Crippen LogP contribution in [0, 0.1) is 0 Å². The van der Waals surface area contributed by atoms with Gasteiger partial charge in [0.25, 0.3) is 0 Å². The quantitative estimate of drug-likeness (QED) is 0.259. The van der Waals surface area contributed by atoms with E-state index in [-0.39, 0.29) is 18.3 Å². The van der Waals surface area contributed by atoms with Crippen molar-refractivity contribution < 1.29 is 23.9 Å². The molecule has 0 aromatic rings. The first-order valence-electron chi connectivity index (χ1n) is 6.88. The molecule has 7 nitrogen and oxygen atoms in total. The maximum Gasteiger partial charge on any atom is 0.492 e. The van der Waals surface area contributed by atoms with E-state index in [9.17, 15) is 0 Å². The molecule has 0 aromatic carbocycles. The van der Waals surface area contributed by atoms with E-state index in [4.69, 9.17) is 35.3 Å². The molecule has 7 N–H and O–H groups in total. The minimum absolute atomic E-state index is 0.0451. The summed E-state index contributed by atoms with van der Waals surface area (Å²) in [5, 5.41) is 0. The molecule has 0 saturated heterocycles. The molecule has 0 saturated carbocycles. The van der Waals surface area contributed by atoms with Crippen LogP contribution in [0.4, 0.5) is 0 Å². The zero-order valence-electron chi connectivity index (χ0n) is 13.3. The predicted molar refractivity (Wildman–Crippen MR) is 85.1 cm³/mol. The molecule has 9 heteroatoms. The van der Waals surface area contributed by atoms with Crippen molar-refractivity contribution in [2.45, 2.75) is 57.8 Å². The lowest BCUT2D eigenvalue weighted by Gasteiger charge is -2.32. The summed E-state index contributed by atoms with van der Waals surface area (Å²) < 4.78 is 11.2. The number of rotatable bonds is 8. The van der Waals surface area contributed by atoms with E-state index in [2.05, 4.69) is 0 Å². The molecular weight excluding hydrogens is 296 g/mol.